The van der Waals surface area contributed by atoms with E-state index in [-0.39, 0.29) is 5.54 Å². The molecule has 3 heteroatoms. The van der Waals surface area contributed by atoms with Crippen LogP contribution in [0.15, 0.2) is 24.3 Å². The standard InChI is InChI=1S/C18H27ClN2/c1-17(2)13-20-18(10-4-3-5-11-18)14-21(17)12-15-6-8-16(19)9-7-15/h6-9,20H,3-5,10-14H2,1-2H3. The molecule has 0 amide bonds. The average Bonchev–Trinajstić information content (AvgIpc) is 2.47. The molecule has 0 bridgehead atoms. The van der Waals surface area contributed by atoms with E-state index >= 15 is 0 Å². The maximum Gasteiger partial charge on any atom is 0.0406 e. The predicted octanol–water partition coefficient (Wildman–Crippen LogP) is 4.23. The normalized spacial score (nSPS) is 25.1. The highest BCUT2D eigenvalue weighted by Crippen LogP contribution is 2.35. The summed E-state index contributed by atoms with van der Waals surface area (Å²) in [6, 6.07) is 8.33. The van der Waals surface area contributed by atoms with Crippen LogP contribution >= 0.6 is 11.6 Å². The first-order chi connectivity index (χ1) is 9.99. The fourth-order valence-electron chi connectivity index (χ4n) is 3.79. The van der Waals surface area contributed by atoms with Crippen LogP contribution in [0.25, 0.3) is 0 Å². The Bertz CT molecular complexity index is 474. The number of piperazine rings is 1. The molecule has 116 valence electrons. The third-order valence-electron chi connectivity index (χ3n) is 5.34. The van der Waals surface area contributed by atoms with Crippen LogP contribution in [0.5, 0.6) is 0 Å². The van der Waals surface area contributed by atoms with Crippen molar-refractivity contribution in [3.63, 3.8) is 0 Å². The Kier molecular flexibility index (Phi) is 4.31. The Morgan fingerprint density at radius 2 is 1.76 bits per heavy atom. The number of halogens is 1. The molecule has 0 radical (unpaired) electrons. The second-order valence-corrected chi connectivity index (χ2v) is 7.93. The molecule has 1 saturated heterocycles. The Labute approximate surface area is 133 Å². The van der Waals surface area contributed by atoms with Gasteiger partial charge >= 0.3 is 0 Å². The van der Waals surface area contributed by atoms with Crippen molar-refractivity contribution in [1.29, 1.82) is 0 Å². The van der Waals surface area contributed by atoms with E-state index in [1.165, 1.54) is 44.2 Å². The van der Waals surface area contributed by atoms with Gasteiger partial charge in [0.1, 0.15) is 0 Å². The van der Waals surface area contributed by atoms with Crippen LogP contribution in [0.3, 0.4) is 0 Å². The van der Waals surface area contributed by atoms with Gasteiger partial charge in [-0.05, 0) is 44.4 Å². The largest absolute Gasteiger partial charge is 0.308 e. The van der Waals surface area contributed by atoms with E-state index < -0.39 is 0 Å². The van der Waals surface area contributed by atoms with Crippen LogP contribution in [0.2, 0.25) is 5.02 Å². The molecule has 2 nitrogen and oxygen atoms in total. The SMILES string of the molecule is CC1(C)CNC2(CCCCC2)CN1Cc1ccc(Cl)cc1. The van der Waals surface area contributed by atoms with Gasteiger partial charge in [-0.1, -0.05) is 43.0 Å². The molecule has 1 saturated carbocycles. The molecule has 2 fully saturated rings. The number of rotatable bonds is 2. The van der Waals surface area contributed by atoms with Gasteiger partial charge in [0.05, 0.1) is 0 Å². The van der Waals surface area contributed by atoms with Crippen molar-refractivity contribution in [2.24, 2.45) is 0 Å². The van der Waals surface area contributed by atoms with Crippen LogP contribution < -0.4 is 5.32 Å². The van der Waals surface area contributed by atoms with Gasteiger partial charge in [-0.2, -0.15) is 0 Å². The lowest BCUT2D eigenvalue weighted by atomic mass is 9.77. The van der Waals surface area contributed by atoms with Crippen molar-refractivity contribution in [1.82, 2.24) is 10.2 Å². The Morgan fingerprint density at radius 1 is 1.10 bits per heavy atom. The van der Waals surface area contributed by atoms with E-state index in [0.717, 1.165) is 18.1 Å². The average molecular weight is 307 g/mol. The highest BCUT2D eigenvalue weighted by Gasteiger charge is 2.42. The molecule has 1 spiro atoms. The summed E-state index contributed by atoms with van der Waals surface area (Å²) in [5, 5.41) is 4.71. The van der Waals surface area contributed by atoms with Gasteiger partial charge in [-0.15, -0.1) is 0 Å². The van der Waals surface area contributed by atoms with E-state index in [9.17, 15) is 0 Å². The van der Waals surface area contributed by atoms with Gasteiger partial charge in [0.15, 0.2) is 0 Å². The van der Waals surface area contributed by atoms with Gasteiger partial charge in [-0.25, -0.2) is 0 Å². The van der Waals surface area contributed by atoms with Crippen LogP contribution in [0.4, 0.5) is 0 Å². The first-order valence-corrected chi connectivity index (χ1v) is 8.62. The quantitative estimate of drug-likeness (QED) is 0.880. The summed E-state index contributed by atoms with van der Waals surface area (Å²) in [7, 11) is 0. The molecular weight excluding hydrogens is 280 g/mol. The van der Waals surface area contributed by atoms with E-state index in [2.05, 4.69) is 36.2 Å². The zero-order valence-corrected chi connectivity index (χ0v) is 14.0. The zero-order chi connectivity index (χ0) is 14.9. The predicted molar refractivity (Wildman–Crippen MR) is 89.8 cm³/mol. The summed E-state index contributed by atoms with van der Waals surface area (Å²) in [6.07, 6.45) is 6.83. The highest BCUT2D eigenvalue weighted by atomic mass is 35.5. The summed E-state index contributed by atoms with van der Waals surface area (Å²) in [5.74, 6) is 0. The number of hydrogen-bond acceptors (Lipinski definition) is 2. The Balaban J connectivity index is 1.75. The first-order valence-electron chi connectivity index (χ1n) is 8.24. The molecule has 0 unspecified atom stereocenters. The van der Waals surface area contributed by atoms with Gasteiger partial charge < -0.3 is 5.32 Å². The summed E-state index contributed by atoms with van der Waals surface area (Å²) in [4.78, 5) is 2.66. The molecule has 1 aliphatic heterocycles. The van der Waals surface area contributed by atoms with Crippen molar-refractivity contribution in [3.8, 4) is 0 Å². The third kappa shape index (κ3) is 3.44. The molecule has 1 aliphatic carbocycles. The minimum absolute atomic E-state index is 0.211. The van der Waals surface area contributed by atoms with E-state index in [4.69, 9.17) is 11.6 Å². The first kappa shape index (κ1) is 15.3. The van der Waals surface area contributed by atoms with E-state index in [1.54, 1.807) is 0 Å². The molecule has 1 heterocycles. The van der Waals surface area contributed by atoms with Crippen molar-refractivity contribution < 1.29 is 0 Å². The van der Waals surface area contributed by atoms with Crippen molar-refractivity contribution in [2.45, 2.75) is 63.6 Å². The van der Waals surface area contributed by atoms with Gasteiger partial charge in [0, 0.05) is 35.7 Å². The van der Waals surface area contributed by atoms with Crippen LogP contribution in [0, 0.1) is 0 Å². The van der Waals surface area contributed by atoms with Gasteiger partial charge in [0.2, 0.25) is 0 Å². The number of benzene rings is 1. The molecule has 0 aromatic heterocycles. The summed E-state index contributed by atoms with van der Waals surface area (Å²) in [5.41, 5.74) is 1.93. The minimum Gasteiger partial charge on any atom is -0.308 e. The second-order valence-electron chi connectivity index (χ2n) is 7.49. The summed E-state index contributed by atoms with van der Waals surface area (Å²) in [6.45, 7) is 7.98. The smallest absolute Gasteiger partial charge is 0.0406 e. The summed E-state index contributed by atoms with van der Waals surface area (Å²) < 4.78 is 0. The Hall–Kier alpha value is -0.570. The number of nitrogens with zero attached hydrogens (tertiary/aromatic N) is 1. The number of nitrogens with one attached hydrogen (secondary N) is 1. The number of hydrogen-bond donors (Lipinski definition) is 1. The lowest BCUT2D eigenvalue weighted by molar-refractivity contribution is 0.00485. The Morgan fingerprint density at radius 3 is 2.43 bits per heavy atom. The monoisotopic (exact) mass is 306 g/mol. The van der Waals surface area contributed by atoms with Gasteiger partial charge in [-0.3, -0.25) is 4.90 Å². The molecule has 21 heavy (non-hydrogen) atoms. The fourth-order valence-corrected chi connectivity index (χ4v) is 3.92. The third-order valence-corrected chi connectivity index (χ3v) is 5.59. The van der Waals surface area contributed by atoms with Crippen molar-refractivity contribution in [3.05, 3.63) is 34.9 Å². The fraction of sp³-hybridized carbons (Fsp3) is 0.667. The van der Waals surface area contributed by atoms with E-state index in [0.29, 0.717) is 5.54 Å². The summed E-state index contributed by atoms with van der Waals surface area (Å²) >= 11 is 6.00. The topological polar surface area (TPSA) is 15.3 Å². The van der Waals surface area contributed by atoms with Crippen LogP contribution in [-0.2, 0) is 6.54 Å². The van der Waals surface area contributed by atoms with Crippen LogP contribution in [0.1, 0.15) is 51.5 Å². The molecule has 1 aromatic carbocycles. The van der Waals surface area contributed by atoms with Crippen molar-refractivity contribution >= 4 is 11.6 Å². The van der Waals surface area contributed by atoms with Gasteiger partial charge in [0.25, 0.3) is 0 Å². The molecule has 1 N–H and O–H groups in total. The molecule has 3 rings (SSSR count). The lowest BCUT2D eigenvalue weighted by Crippen LogP contribution is -2.68. The minimum atomic E-state index is 0.211. The second kappa shape index (κ2) is 5.91. The maximum absolute atomic E-state index is 6.00. The lowest BCUT2D eigenvalue weighted by Gasteiger charge is -2.53. The molecule has 1 aromatic rings. The zero-order valence-electron chi connectivity index (χ0n) is 13.3. The maximum atomic E-state index is 6.00. The van der Waals surface area contributed by atoms with E-state index in [1.807, 2.05) is 12.1 Å². The molecular formula is C18H27ClN2. The molecule has 2 aliphatic rings. The van der Waals surface area contributed by atoms with Crippen LogP contribution in [-0.4, -0.2) is 29.1 Å². The molecule has 0 atom stereocenters. The van der Waals surface area contributed by atoms with Crippen molar-refractivity contribution in [2.75, 3.05) is 13.1 Å². The highest BCUT2D eigenvalue weighted by molar-refractivity contribution is 6.30.